The van der Waals surface area contributed by atoms with Crippen LogP contribution >= 0.6 is 0 Å². The minimum Gasteiger partial charge on any atom is -0.507 e. The van der Waals surface area contributed by atoms with Gasteiger partial charge in [0, 0.05) is 53.3 Å². The predicted molar refractivity (Wildman–Crippen MR) is 204 cm³/mol. The molecule has 0 amide bonds. The van der Waals surface area contributed by atoms with Crippen molar-refractivity contribution in [3.05, 3.63) is 121 Å². The lowest BCUT2D eigenvalue weighted by Crippen LogP contribution is -2.67. The lowest BCUT2D eigenvalue weighted by atomic mass is 9.77. The average Bonchev–Trinajstić information content (AvgIpc) is 3.20. The van der Waals surface area contributed by atoms with E-state index in [0.717, 1.165) is 18.6 Å². The second-order valence-corrected chi connectivity index (χ2v) is 14.1. The number of phenols is 1. The van der Waals surface area contributed by atoms with Crippen molar-refractivity contribution in [1.82, 2.24) is 0 Å². The second-order valence-electron chi connectivity index (χ2n) is 14.1. The van der Waals surface area contributed by atoms with Gasteiger partial charge in [-0.05, 0) is 65.8 Å². The summed E-state index contributed by atoms with van der Waals surface area (Å²) in [6.45, 7) is 1.08. The van der Waals surface area contributed by atoms with Gasteiger partial charge in [-0.3, -0.25) is 19.2 Å². The van der Waals surface area contributed by atoms with Crippen molar-refractivity contribution >= 4 is 36.0 Å². The number of carbonyl (C=O) groups is 4. The number of rotatable bonds is 13. The molecule has 304 valence electrons. The number of phenolic OH excluding ortho intramolecular Hbond substituents is 1. The van der Waals surface area contributed by atoms with Gasteiger partial charge in [-0.15, -0.1) is 0 Å². The molecule has 0 bridgehead atoms. The van der Waals surface area contributed by atoms with Gasteiger partial charge in [-0.1, -0.05) is 48.5 Å². The minimum atomic E-state index is -3.14. The van der Waals surface area contributed by atoms with Crippen LogP contribution in [-0.4, -0.2) is 102 Å². The van der Waals surface area contributed by atoms with Gasteiger partial charge in [0.15, 0.2) is 24.0 Å². The Balaban J connectivity index is 1.57. The van der Waals surface area contributed by atoms with Crippen LogP contribution in [0.3, 0.4) is 0 Å². The van der Waals surface area contributed by atoms with Crippen LogP contribution in [0.1, 0.15) is 101 Å². The Bertz CT molecular complexity index is 2310. The number of aliphatic hydroxyl groups is 7. The Morgan fingerprint density at radius 1 is 0.845 bits per heavy atom. The van der Waals surface area contributed by atoms with Crippen molar-refractivity contribution < 1.29 is 74.2 Å². The van der Waals surface area contributed by atoms with Crippen LogP contribution in [0, 0.1) is 0 Å². The third-order valence-corrected chi connectivity index (χ3v) is 10.3. The quantitative estimate of drug-likeness (QED) is 0.0279. The Hall–Kier alpha value is -5.62. The smallest absolute Gasteiger partial charge is 0.308 e. The topological polar surface area (TPSA) is 258 Å². The molecule has 1 aliphatic heterocycles. The van der Waals surface area contributed by atoms with Crippen LogP contribution in [0.2, 0.25) is 0 Å². The highest BCUT2D eigenvalue weighted by Crippen LogP contribution is 2.45. The summed E-state index contributed by atoms with van der Waals surface area (Å²) in [5.74, 6) is -7.09. The van der Waals surface area contributed by atoms with E-state index in [4.69, 9.17) is 14.2 Å². The highest BCUT2D eigenvalue weighted by Gasteiger charge is 2.54. The van der Waals surface area contributed by atoms with E-state index in [2.05, 4.69) is 0 Å². The molecule has 1 saturated heterocycles. The molecule has 4 aromatic rings. The summed E-state index contributed by atoms with van der Waals surface area (Å²) < 4.78 is 17.0. The first-order chi connectivity index (χ1) is 27.7. The van der Waals surface area contributed by atoms with E-state index < -0.39 is 83.8 Å². The molecule has 15 heteroatoms. The molecule has 8 N–H and O–H groups in total. The molecule has 4 aromatic carbocycles. The number of aryl methyl sites for hydroxylation is 1. The Morgan fingerprint density at radius 3 is 2.22 bits per heavy atom. The fourth-order valence-corrected chi connectivity index (χ4v) is 7.29. The van der Waals surface area contributed by atoms with Crippen molar-refractivity contribution in [3.63, 3.8) is 0 Å². The first-order valence-electron chi connectivity index (χ1n) is 18.3. The molecular formula is C43H42O15. The van der Waals surface area contributed by atoms with Gasteiger partial charge in [0.25, 0.3) is 0 Å². The lowest BCUT2D eigenvalue weighted by Gasteiger charge is -2.44. The highest BCUT2D eigenvalue weighted by molar-refractivity contribution is 6.31. The van der Waals surface area contributed by atoms with Gasteiger partial charge in [-0.2, -0.15) is 0 Å². The van der Waals surface area contributed by atoms with E-state index in [1.165, 1.54) is 37.3 Å². The number of esters is 1. The third-order valence-electron chi connectivity index (χ3n) is 10.3. The monoisotopic (exact) mass is 798 g/mol. The van der Waals surface area contributed by atoms with Crippen molar-refractivity contribution in [1.29, 1.82) is 0 Å². The molecule has 0 radical (unpaired) electrons. The summed E-state index contributed by atoms with van der Waals surface area (Å²) in [7, 11) is 0. The normalized spacial score (nSPS) is 19.8. The summed E-state index contributed by atoms with van der Waals surface area (Å²) in [6, 6.07) is 14.1. The summed E-state index contributed by atoms with van der Waals surface area (Å²) >= 11 is 0. The SMILES string of the molecule is CC(=O)Oc1cc(CO)c2c(c1/C=C/c1cccc(CCCO)c1)C(=O)c1cc(O[C@H]3O[C@@H](C)[C@@H](O)C(O)(O)[C@H]3O)c(Cc3cccc(CO)c3C=O)c(O)c1C2=O. The number of aldehydes is 1. The van der Waals surface area contributed by atoms with Crippen LogP contribution in [0.5, 0.6) is 17.2 Å². The zero-order chi connectivity index (χ0) is 42.1. The van der Waals surface area contributed by atoms with Crippen molar-refractivity contribution in [2.75, 3.05) is 6.61 Å². The fourth-order valence-electron chi connectivity index (χ4n) is 7.29. The number of ether oxygens (including phenoxy) is 3. The zero-order valence-corrected chi connectivity index (χ0v) is 31.4. The van der Waals surface area contributed by atoms with Gasteiger partial charge >= 0.3 is 5.97 Å². The van der Waals surface area contributed by atoms with Gasteiger partial charge in [0.2, 0.25) is 12.1 Å². The Morgan fingerprint density at radius 2 is 1.55 bits per heavy atom. The summed E-state index contributed by atoms with van der Waals surface area (Å²) in [6.07, 6.45) is -3.27. The van der Waals surface area contributed by atoms with E-state index in [1.807, 2.05) is 12.1 Å². The van der Waals surface area contributed by atoms with Crippen LogP contribution in [0.25, 0.3) is 12.2 Å². The maximum atomic E-state index is 14.8. The molecule has 4 atom stereocenters. The number of ketones is 2. The number of aromatic hydroxyl groups is 1. The standard InChI is InChI=1S/C43H42O15/c1-21-40(52)43(54,55)41(53)42(56-21)58-33-17-30-36(37(49)29(33)15-25-9-4-10-26(18-45)31(25)20-47)39(51)34-27(19-46)16-32(57-22(2)48)28(35(34)38(30)50)12-11-24-7-3-6-23(14-24)8-5-13-44/h3-4,6-7,9-12,14,16-17,20-21,40-42,44-46,49,52-55H,5,8,13,15,18-19H2,1-2H3/b12-11+/t21-,40+,41-,42+/m0/s1. The van der Waals surface area contributed by atoms with E-state index in [0.29, 0.717) is 24.7 Å². The Kier molecular flexibility index (Phi) is 12.4. The summed E-state index contributed by atoms with van der Waals surface area (Å²) in [5.41, 5.74) is 0.208. The van der Waals surface area contributed by atoms with E-state index in [-0.39, 0.29) is 63.3 Å². The number of carbonyl (C=O) groups excluding carboxylic acids is 4. The molecule has 6 rings (SSSR count). The first-order valence-corrected chi connectivity index (χ1v) is 18.3. The first kappa shape index (κ1) is 42.0. The van der Waals surface area contributed by atoms with E-state index in [9.17, 15) is 60.0 Å². The van der Waals surface area contributed by atoms with Crippen molar-refractivity contribution in [3.8, 4) is 17.2 Å². The molecule has 0 saturated carbocycles. The van der Waals surface area contributed by atoms with E-state index in [1.54, 1.807) is 18.2 Å². The maximum absolute atomic E-state index is 14.8. The molecule has 1 fully saturated rings. The second kappa shape index (κ2) is 17.1. The highest BCUT2D eigenvalue weighted by atomic mass is 16.7. The molecule has 0 spiro atoms. The van der Waals surface area contributed by atoms with Gasteiger partial charge in [0.1, 0.15) is 23.4 Å². The Labute approximate surface area is 331 Å². The fraction of sp³-hybridized carbons (Fsp3) is 0.302. The summed E-state index contributed by atoms with van der Waals surface area (Å²) in [4.78, 5) is 54.0. The number of aliphatic hydroxyl groups excluding tert-OH is 5. The van der Waals surface area contributed by atoms with Gasteiger partial charge in [0.05, 0.1) is 24.9 Å². The van der Waals surface area contributed by atoms with Gasteiger partial charge in [-0.25, -0.2) is 0 Å². The largest absolute Gasteiger partial charge is 0.507 e. The maximum Gasteiger partial charge on any atom is 0.308 e. The van der Waals surface area contributed by atoms with Gasteiger partial charge < -0.3 is 55.1 Å². The molecule has 2 aliphatic rings. The molecule has 1 aliphatic carbocycles. The lowest BCUT2D eigenvalue weighted by molar-refractivity contribution is -0.371. The minimum absolute atomic E-state index is 0.00654. The van der Waals surface area contributed by atoms with Crippen LogP contribution in [0.15, 0.2) is 54.6 Å². The third kappa shape index (κ3) is 7.81. The molecule has 0 unspecified atom stereocenters. The van der Waals surface area contributed by atoms with Crippen molar-refractivity contribution in [2.45, 2.75) is 76.7 Å². The molecule has 58 heavy (non-hydrogen) atoms. The number of hydrogen-bond donors (Lipinski definition) is 8. The average molecular weight is 799 g/mol. The van der Waals surface area contributed by atoms with E-state index >= 15 is 0 Å². The predicted octanol–water partition coefficient (Wildman–Crippen LogP) is 2.10. The van der Waals surface area contributed by atoms with Crippen LogP contribution in [0.4, 0.5) is 0 Å². The zero-order valence-electron chi connectivity index (χ0n) is 31.4. The molecule has 0 aromatic heterocycles. The molecular weight excluding hydrogens is 756 g/mol. The van der Waals surface area contributed by atoms with Crippen LogP contribution < -0.4 is 9.47 Å². The van der Waals surface area contributed by atoms with Crippen molar-refractivity contribution in [2.24, 2.45) is 0 Å². The number of benzene rings is 4. The molecule has 15 nitrogen and oxygen atoms in total. The van der Waals surface area contributed by atoms with Crippen LogP contribution in [-0.2, 0) is 35.6 Å². The number of hydrogen-bond acceptors (Lipinski definition) is 15. The molecule has 1 heterocycles. The summed E-state index contributed by atoms with van der Waals surface area (Å²) in [5, 5.41) is 84.0. The number of fused-ring (bicyclic) bond motifs is 2.